The molecule has 15 N–H and O–H groups in total. The van der Waals surface area contributed by atoms with Gasteiger partial charge < -0.3 is 90.8 Å². The van der Waals surface area contributed by atoms with Gasteiger partial charge in [0.1, 0.15) is 70.1 Å². The summed E-state index contributed by atoms with van der Waals surface area (Å²) in [7, 11) is 0. The summed E-state index contributed by atoms with van der Waals surface area (Å²) < 4.78 is 18.9. The smallest absolute Gasteiger partial charge is 0.157 e. The van der Waals surface area contributed by atoms with Crippen molar-refractivity contribution in [2.24, 2.45) is 0 Å². The van der Waals surface area contributed by atoms with Crippen molar-refractivity contribution < 1.29 is 90.8 Å². The summed E-state index contributed by atoms with van der Waals surface area (Å²) in [5, 5.41) is 166. The molecule has 9 rings (SSSR count). The fourth-order valence-electron chi connectivity index (χ4n) is 8.94. The van der Waals surface area contributed by atoms with Crippen LogP contribution in [0.3, 0.4) is 0 Å². The van der Waals surface area contributed by atoms with Gasteiger partial charge >= 0.3 is 0 Å². The molecule has 0 bridgehead atoms. The van der Waals surface area contributed by atoms with Crippen molar-refractivity contribution in [2.75, 3.05) is 0 Å². The van der Waals surface area contributed by atoms with E-state index in [0.717, 1.165) is 60.7 Å². The minimum absolute atomic E-state index is 0.0127. The van der Waals surface area contributed by atoms with Crippen molar-refractivity contribution in [2.45, 2.75) is 54.9 Å². The molecular weight excluding hydrogens is 828 g/mol. The summed E-state index contributed by atoms with van der Waals surface area (Å²) in [6, 6.07) is 14.4. The third kappa shape index (κ3) is 6.46. The second-order valence-corrected chi connectivity index (χ2v) is 15.7. The van der Waals surface area contributed by atoms with E-state index in [1.165, 1.54) is 18.2 Å². The number of fused-ring (bicyclic) bond motifs is 3. The fraction of sp³-hybridized carbons (Fsp3) is 0.200. The van der Waals surface area contributed by atoms with Gasteiger partial charge in [0.05, 0.1) is 17.9 Å². The van der Waals surface area contributed by atoms with Crippen LogP contribution in [-0.4, -0.2) is 94.9 Å². The van der Waals surface area contributed by atoms with Gasteiger partial charge in [-0.15, -0.1) is 0 Å². The molecule has 0 amide bonds. The molecule has 0 saturated carbocycles. The van der Waals surface area contributed by atoms with E-state index in [1.807, 2.05) is 0 Å². The van der Waals surface area contributed by atoms with E-state index < -0.39 is 123 Å². The lowest BCUT2D eigenvalue weighted by molar-refractivity contribution is -0.00562. The molecule has 6 unspecified atom stereocenters. The summed E-state index contributed by atoms with van der Waals surface area (Å²) in [5.74, 6) is -11.5. The first kappa shape index (κ1) is 40.6. The van der Waals surface area contributed by atoms with Gasteiger partial charge in [0.2, 0.25) is 0 Å². The van der Waals surface area contributed by atoms with Crippen molar-refractivity contribution in [1.29, 1.82) is 0 Å². The largest absolute Gasteiger partial charge is 0.508 e. The van der Waals surface area contributed by atoms with Crippen LogP contribution in [0.1, 0.15) is 74.7 Å². The van der Waals surface area contributed by atoms with Crippen LogP contribution >= 0.6 is 0 Å². The summed E-state index contributed by atoms with van der Waals surface area (Å²) >= 11 is 0. The van der Waals surface area contributed by atoms with Crippen LogP contribution in [0, 0.1) is 0 Å². The first-order valence-electron chi connectivity index (χ1n) is 19.3. The SMILES string of the molecule is Oc1cc(O)c2c(c1)OC(c1ccc(O)c(O)c1)C(O)[C@H]2c1c(O)cc(O)c2c1OC(c1ccc(O)c(O)c1)C(O)[C@H]2c1c(O)cc(O)c2c1OC(c1ccc(O)c(O)c1)C(O)C2. The Kier molecular flexibility index (Phi) is 9.46. The summed E-state index contributed by atoms with van der Waals surface area (Å²) in [4.78, 5) is 0. The second kappa shape index (κ2) is 14.7. The zero-order valence-electron chi connectivity index (χ0n) is 32.3. The molecule has 18 heteroatoms. The monoisotopic (exact) mass is 866 g/mol. The number of hydrogen-bond donors (Lipinski definition) is 15. The average molecular weight is 867 g/mol. The van der Waals surface area contributed by atoms with Crippen molar-refractivity contribution in [3.63, 3.8) is 0 Å². The summed E-state index contributed by atoms with van der Waals surface area (Å²) in [5.41, 5.74) is -1.10. The molecule has 6 aromatic carbocycles. The van der Waals surface area contributed by atoms with Crippen LogP contribution in [0.2, 0.25) is 0 Å². The van der Waals surface area contributed by atoms with E-state index in [2.05, 4.69) is 0 Å². The highest BCUT2D eigenvalue weighted by atomic mass is 16.5. The standard InChI is InChI=1S/C45H38O18/c46-18-10-27(54)33-32(11-18)61-42(16-2-5-21(48)25(52)8-16)39(59)37(33)35-29(56)14-30(57)36-38(40(60)43(63-45(35)36)17-3-6-22(49)26(53)9-17)34-28(55)13-23(50)19-12-31(58)41(62-44(19)34)15-1-4-20(47)24(51)7-15/h1-11,13-14,31,37-43,46-60H,12H2/t31?,37-,38+,39?,40?,41?,42?,43?/m1/s1. The van der Waals surface area contributed by atoms with Gasteiger partial charge in [-0.25, -0.2) is 0 Å². The maximum atomic E-state index is 12.5. The van der Waals surface area contributed by atoms with E-state index in [4.69, 9.17) is 14.2 Å². The molecule has 63 heavy (non-hydrogen) atoms. The normalized spacial score (nSPS) is 23.6. The van der Waals surface area contributed by atoms with E-state index in [1.54, 1.807) is 0 Å². The van der Waals surface area contributed by atoms with Crippen LogP contribution in [0.5, 0.6) is 86.2 Å². The Balaban J connectivity index is 1.31. The van der Waals surface area contributed by atoms with Crippen LogP contribution in [-0.2, 0) is 6.42 Å². The highest BCUT2D eigenvalue weighted by Gasteiger charge is 2.51. The number of aromatic hydroxyl groups is 12. The van der Waals surface area contributed by atoms with Crippen LogP contribution < -0.4 is 14.2 Å². The molecule has 0 fully saturated rings. The van der Waals surface area contributed by atoms with Crippen LogP contribution in [0.15, 0.2) is 78.9 Å². The van der Waals surface area contributed by atoms with Gasteiger partial charge in [0.15, 0.2) is 46.7 Å². The van der Waals surface area contributed by atoms with Gasteiger partial charge in [-0.05, 0) is 53.1 Å². The molecule has 3 aliphatic rings. The molecule has 0 aliphatic carbocycles. The number of ether oxygens (including phenoxy) is 3. The second-order valence-electron chi connectivity index (χ2n) is 15.7. The fourth-order valence-corrected chi connectivity index (χ4v) is 8.94. The highest BCUT2D eigenvalue weighted by molar-refractivity contribution is 5.70. The predicted molar refractivity (Wildman–Crippen MR) is 214 cm³/mol. The van der Waals surface area contributed by atoms with Crippen LogP contribution in [0.25, 0.3) is 0 Å². The lowest BCUT2D eigenvalue weighted by Gasteiger charge is -2.43. The van der Waals surface area contributed by atoms with Crippen molar-refractivity contribution >= 4 is 0 Å². The minimum Gasteiger partial charge on any atom is -0.508 e. The molecule has 0 radical (unpaired) electrons. The molecule has 0 aromatic heterocycles. The molecule has 3 heterocycles. The lowest BCUT2D eigenvalue weighted by atomic mass is 9.73. The number of aliphatic hydroxyl groups is 3. The Bertz CT molecular complexity index is 2840. The van der Waals surface area contributed by atoms with Gasteiger partial charge in [0, 0.05) is 58.5 Å². The Morgan fingerprint density at radius 1 is 0.365 bits per heavy atom. The van der Waals surface area contributed by atoms with E-state index in [0.29, 0.717) is 0 Å². The van der Waals surface area contributed by atoms with E-state index in [-0.39, 0.29) is 62.4 Å². The van der Waals surface area contributed by atoms with Crippen molar-refractivity contribution in [1.82, 2.24) is 0 Å². The summed E-state index contributed by atoms with van der Waals surface area (Å²) in [6.45, 7) is 0. The van der Waals surface area contributed by atoms with Crippen molar-refractivity contribution in [3.05, 3.63) is 123 Å². The molecule has 326 valence electrons. The van der Waals surface area contributed by atoms with Gasteiger partial charge in [-0.2, -0.15) is 0 Å². The number of phenolic OH excluding ortho intramolecular Hbond substituents is 12. The minimum atomic E-state index is -1.90. The summed E-state index contributed by atoms with van der Waals surface area (Å²) in [6.07, 6.45) is -9.93. The van der Waals surface area contributed by atoms with E-state index >= 15 is 0 Å². The Morgan fingerprint density at radius 3 is 1.29 bits per heavy atom. The zero-order valence-corrected chi connectivity index (χ0v) is 32.3. The number of benzene rings is 6. The van der Waals surface area contributed by atoms with Gasteiger partial charge in [0.25, 0.3) is 0 Å². The third-order valence-electron chi connectivity index (χ3n) is 11.8. The molecule has 18 nitrogen and oxygen atoms in total. The molecule has 0 spiro atoms. The molecule has 8 atom stereocenters. The Hall–Kier alpha value is -7.80. The Labute approximate surface area is 354 Å². The molecular formula is C45H38O18. The first-order chi connectivity index (χ1) is 29.9. The average Bonchev–Trinajstić information content (AvgIpc) is 3.22. The van der Waals surface area contributed by atoms with Gasteiger partial charge in [-0.1, -0.05) is 18.2 Å². The topological polar surface area (TPSA) is 331 Å². The number of hydrogen-bond acceptors (Lipinski definition) is 18. The Morgan fingerprint density at radius 2 is 0.778 bits per heavy atom. The van der Waals surface area contributed by atoms with Crippen LogP contribution in [0.4, 0.5) is 0 Å². The predicted octanol–water partition coefficient (Wildman–Crippen LogP) is 4.44. The third-order valence-corrected chi connectivity index (χ3v) is 11.8. The number of aliphatic hydroxyl groups excluding tert-OH is 3. The number of phenols is 12. The zero-order chi connectivity index (χ0) is 44.9. The maximum Gasteiger partial charge on any atom is 0.157 e. The molecule has 3 aliphatic heterocycles. The van der Waals surface area contributed by atoms with E-state index in [9.17, 15) is 76.6 Å². The number of rotatable bonds is 5. The molecule has 6 aromatic rings. The first-order valence-corrected chi connectivity index (χ1v) is 19.3. The quantitative estimate of drug-likeness (QED) is 0.106. The van der Waals surface area contributed by atoms with Gasteiger partial charge in [-0.3, -0.25) is 0 Å². The molecule has 0 saturated heterocycles. The lowest BCUT2D eigenvalue weighted by Crippen LogP contribution is -2.39. The maximum absolute atomic E-state index is 12.5. The highest BCUT2D eigenvalue weighted by Crippen LogP contribution is 2.62. The van der Waals surface area contributed by atoms with Crippen molar-refractivity contribution in [3.8, 4) is 86.2 Å².